The molecule has 0 radical (unpaired) electrons. The van der Waals surface area contributed by atoms with Crippen molar-refractivity contribution in [3.63, 3.8) is 0 Å². The Balaban J connectivity index is 2.72. The van der Waals surface area contributed by atoms with Gasteiger partial charge in [0.1, 0.15) is 6.10 Å². The molecule has 2 unspecified atom stereocenters. The quantitative estimate of drug-likeness (QED) is 0.358. The molecule has 0 aliphatic heterocycles. The van der Waals surface area contributed by atoms with Crippen LogP contribution in [0.1, 0.15) is 19.3 Å². The molecule has 0 aromatic rings. The van der Waals surface area contributed by atoms with Gasteiger partial charge in [0.05, 0.1) is 0 Å². The van der Waals surface area contributed by atoms with Crippen LogP contribution < -0.4 is 0 Å². The van der Waals surface area contributed by atoms with Gasteiger partial charge in [0, 0.05) is 12.0 Å². The monoisotopic (exact) mass is 171 g/mol. The Morgan fingerprint density at radius 1 is 1.75 bits per heavy atom. The maximum atomic E-state index is 10.6. The van der Waals surface area contributed by atoms with Crippen molar-refractivity contribution in [2.75, 3.05) is 7.11 Å². The van der Waals surface area contributed by atoms with E-state index >= 15 is 0 Å². The lowest BCUT2D eigenvalue weighted by Crippen LogP contribution is -2.39. The Kier molecular flexibility index (Phi) is 2.81. The zero-order valence-corrected chi connectivity index (χ0v) is 7.16. The molecule has 1 fully saturated rings. The van der Waals surface area contributed by atoms with Gasteiger partial charge in [0.2, 0.25) is 0 Å². The molecular formula is C8H13NO3. The molecule has 2 atom stereocenters. The molecule has 0 heterocycles. The van der Waals surface area contributed by atoms with E-state index < -0.39 is 6.04 Å². The van der Waals surface area contributed by atoms with E-state index in [9.17, 15) is 10.1 Å². The van der Waals surface area contributed by atoms with Crippen molar-refractivity contribution >= 4 is 0 Å². The third-order valence-corrected chi connectivity index (χ3v) is 2.29. The van der Waals surface area contributed by atoms with Crippen LogP contribution in [0.2, 0.25) is 0 Å². The fraction of sp³-hybridized carbons (Fsp3) is 0.750. The van der Waals surface area contributed by atoms with Crippen LogP contribution in [0.15, 0.2) is 12.2 Å². The summed E-state index contributed by atoms with van der Waals surface area (Å²) in [6.45, 7) is 3.69. The van der Waals surface area contributed by atoms with Gasteiger partial charge < -0.3 is 4.74 Å². The summed E-state index contributed by atoms with van der Waals surface area (Å²) in [5.41, 5.74) is 0.693. The molecule has 1 aliphatic carbocycles. The maximum Gasteiger partial charge on any atom is 0.259 e. The third-order valence-electron chi connectivity index (χ3n) is 2.29. The number of nitro groups is 1. The summed E-state index contributed by atoms with van der Waals surface area (Å²) in [6, 6.07) is -0.691. The van der Waals surface area contributed by atoms with E-state index in [1.165, 1.54) is 7.11 Å². The topological polar surface area (TPSA) is 52.4 Å². The van der Waals surface area contributed by atoms with Gasteiger partial charge in [-0.3, -0.25) is 10.1 Å². The lowest BCUT2D eigenvalue weighted by molar-refractivity contribution is -0.526. The molecule has 0 aromatic carbocycles. The fourth-order valence-corrected chi connectivity index (χ4v) is 1.63. The summed E-state index contributed by atoms with van der Waals surface area (Å²) in [6.07, 6.45) is 2.19. The number of rotatable bonds is 2. The Hall–Kier alpha value is -0.900. The summed E-state index contributed by atoms with van der Waals surface area (Å²) >= 11 is 0. The molecule has 0 saturated heterocycles. The van der Waals surface area contributed by atoms with Crippen LogP contribution in [-0.2, 0) is 4.74 Å². The van der Waals surface area contributed by atoms with E-state index in [1.807, 2.05) is 0 Å². The SMILES string of the molecule is C=C1CCCC(OC)C1[N+](=O)[O-]. The highest BCUT2D eigenvalue weighted by atomic mass is 16.6. The average molecular weight is 171 g/mol. The molecule has 68 valence electrons. The third kappa shape index (κ3) is 1.64. The number of methoxy groups -OCH3 is 1. The first kappa shape index (κ1) is 9.19. The normalized spacial score (nSPS) is 30.2. The van der Waals surface area contributed by atoms with Crippen LogP contribution in [-0.4, -0.2) is 24.2 Å². The van der Waals surface area contributed by atoms with Crippen LogP contribution in [0, 0.1) is 10.1 Å². The molecule has 12 heavy (non-hydrogen) atoms. The Labute approximate surface area is 71.4 Å². The van der Waals surface area contributed by atoms with Gasteiger partial charge >= 0.3 is 0 Å². The predicted molar refractivity (Wildman–Crippen MR) is 44.6 cm³/mol. The van der Waals surface area contributed by atoms with Crippen molar-refractivity contribution in [2.24, 2.45) is 0 Å². The number of nitrogens with zero attached hydrogens (tertiary/aromatic N) is 1. The highest BCUT2D eigenvalue weighted by Gasteiger charge is 2.36. The van der Waals surface area contributed by atoms with Crippen molar-refractivity contribution in [1.29, 1.82) is 0 Å². The van der Waals surface area contributed by atoms with Crippen LogP contribution in [0.3, 0.4) is 0 Å². The second kappa shape index (κ2) is 3.67. The minimum absolute atomic E-state index is 0.277. The van der Waals surface area contributed by atoms with Crippen molar-refractivity contribution in [3.05, 3.63) is 22.3 Å². The van der Waals surface area contributed by atoms with Gasteiger partial charge in [0.15, 0.2) is 0 Å². The summed E-state index contributed by atoms with van der Waals surface area (Å²) in [5.74, 6) is 0. The van der Waals surface area contributed by atoms with Gasteiger partial charge in [-0.05, 0) is 24.8 Å². The van der Waals surface area contributed by atoms with E-state index in [0.29, 0.717) is 5.57 Å². The standard InChI is InChI=1S/C8H13NO3/c1-6-4-3-5-7(12-2)8(6)9(10)11/h7-8H,1,3-5H2,2H3. The van der Waals surface area contributed by atoms with E-state index in [4.69, 9.17) is 4.74 Å². The largest absolute Gasteiger partial charge is 0.374 e. The molecule has 4 nitrogen and oxygen atoms in total. The molecule has 0 N–H and O–H groups in total. The van der Waals surface area contributed by atoms with Crippen LogP contribution in [0.5, 0.6) is 0 Å². The minimum atomic E-state index is -0.691. The molecular weight excluding hydrogens is 158 g/mol. The van der Waals surface area contributed by atoms with Gasteiger partial charge in [-0.25, -0.2) is 0 Å². The van der Waals surface area contributed by atoms with E-state index in [1.54, 1.807) is 0 Å². The van der Waals surface area contributed by atoms with Crippen molar-refractivity contribution < 1.29 is 9.66 Å². The first-order valence-corrected chi connectivity index (χ1v) is 4.00. The predicted octanol–water partition coefficient (Wildman–Crippen LogP) is 1.39. The smallest absolute Gasteiger partial charge is 0.259 e. The second-order valence-electron chi connectivity index (χ2n) is 3.05. The van der Waals surface area contributed by atoms with Crippen molar-refractivity contribution in [2.45, 2.75) is 31.4 Å². The fourth-order valence-electron chi connectivity index (χ4n) is 1.63. The zero-order valence-electron chi connectivity index (χ0n) is 7.16. The molecule has 0 amide bonds. The van der Waals surface area contributed by atoms with Gasteiger partial charge in [0.25, 0.3) is 6.04 Å². The number of hydrogen-bond donors (Lipinski definition) is 0. The molecule has 0 bridgehead atoms. The van der Waals surface area contributed by atoms with E-state index in [0.717, 1.165) is 19.3 Å². The summed E-state index contributed by atoms with van der Waals surface area (Å²) < 4.78 is 5.03. The maximum absolute atomic E-state index is 10.6. The zero-order chi connectivity index (χ0) is 9.14. The molecule has 1 saturated carbocycles. The molecule has 0 aromatic heterocycles. The average Bonchev–Trinajstić information content (AvgIpc) is 2.03. The summed E-state index contributed by atoms with van der Waals surface area (Å²) in [4.78, 5) is 10.3. The van der Waals surface area contributed by atoms with Crippen LogP contribution in [0.25, 0.3) is 0 Å². The van der Waals surface area contributed by atoms with Crippen molar-refractivity contribution in [1.82, 2.24) is 0 Å². The molecule has 0 spiro atoms. The van der Waals surface area contributed by atoms with Crippen LogP contribution in [0.4, 0.5) is 0 Å². The van der Waals surface area contributed by atoms with Gasteiger partial charge in [-0.1, -0.05) is 6.58 Å². The van der Waals surface area contributed by atoms with E-state index in [2.05, 4.69) is 6.58 Å². The highest BCUT2D eigenvalue weighted by molar-refractivity contribution is 5.08. The first-order chi connectivity index (χ1) is 5.66. The van der Waals surface area contributed by atoms with Gasteiger partial charge in [-0.15, -0.1) is 0 Å². The molecule has 1 aliphatic rings. The summed E-state index contributed by atoms with van der Waals surface area (Å²) in [5, 5.41) is 10.6. The first-order valence-electron chi connectivity index (χ1n) is 4.00. The lowest BCUT2D eigenvalue weighted by Gasteiger charge is -2.25. The van der Waals surface area contributed by atoms with Crippen LogP contribution >= 0.6 is 0 Å². The number of hydrogen-bond acceptors (Lipinski definition) is 3. The number of ether oxygens (including phenoxy) is 1. The highest BCUT2D eigenvalue weighted by Crippen LogP contribution is 2.26. The second-order valence-corrected chi connectivity index (χ2v) is 3.05. The summed E-state index contributed by atoms with van der Waals surface area (Å²) in [7, 11) is 1.51. The van der Waals surface area contributed by atoms with Crippen molar-refractivity contribution in [3.8, 4) is 0 Å². The Morgan fingerprint density at radius 2 is 2.42 bits per heavy atom. The lowest BCUT2D eigenvalue weighted by atomic mass is 9.89. The Morgan fingerprint density at radius 3 is 2.83 bits per heavy atom. The molecule has 1 rings (SSSR count). The van der Waals surface area contributed by atoms with Gasteiger partial charge in [-0.2, -0.15) is 0 Å². The Bertz CT molecular complexity index is 202. The molecule has 4 heteroatoms. The van der Waals surface area contributed by atoms with E-state index in [-0.39, 0.29) is 11.0 Å². The minimum Gasteiger partial charge on any atom is -0.374 e.